The number of unbranched alkanes of at least 4 members (excludes halogenated alkanes) is 2. The largest absolute Gasteiger partial charge is 0.313 e. The molecule has 1 aliphatic rings. The highest BCUT2D eigenvalue weighted by Crippen LogP contribution is 2.22. The van der Waals surface area contributed by atoms with Crippen molar-refractivity contribution in [1.29, 1.82) is 0 Å². The fourth-order valence-corrected chi connectivity index (χ4v) is 3.14. The van der Waals surface area contributed by atoms with Gasteiger partial charge in [0.15, 0.2) is 0 Å². The first-order valence-electron chi connectivity index (χ1n) is 8.12. The minimum absolute atomic E-state index is 0.691. The van der Waals surface area contributed by atoms with E-state index in [4.69, 9.17) is 0 Å². The Balaban J connectivity index is 2.09. The van der Waals surface area contributed by atoms with Crippen molar-refractivity contribution < 1.29 is 0 Å². The second kappa shape index (κ2) is 8.92. The SMILES string of the molecule is CCCCCC(C)NCCN1CCCC1C(C)C. The molecule has 0 aromatic carbocycles. The van der Waals surface area contributed by atoms with E-state index in [1.807, 2.05) is 0 Å². The maximum atomic E-state index is 3.69. The number of hydrogen-bond acceptors (Lipinski definition) is 2. The number of hydrogen-bond donors (Lipinski definition) is 1. The molecule has 0 radical (unpaired) electrons. The number of likely N-dealkylation sites (tertiary alicyclic amines) is 1. The molecule has 0 bridgehead atoms. The number of rotatable bonds is 9. The molecule has 2 nitrogen and oxygen atoms in total. The van der Waals surface area contributed by atoms with Gasteiger partial charge in [-0.1, -0.05) is 40.0 Å². The second-order valence-corrected chi connectivity index (χ2v) is 6.34. The van der Waals surface area contributed by atoms with Crippen molar-refractivity contribution >= 4 is 0 Å². The average Bonchev–Trinajstić information content (AvgIpc) is 2.78. The van der Waals surface area contributed by atoms with E-state index in [1.165, 1.54) is 51.6 Å². The fourth-order valence-electron chi connectivity index (χ4n) is 3.14. The Labute approximate surface area is 115 Å². The third-order valence-corrected chi connectivity index (χ3v) is 4.32. The first-order chi connectivity index (χ1) is 8.65. The van der Waals surface area contributed by atoms with Crippen LogP contribution in [0.3, 0.4) is 0 Å². The van der Waals surface area contributed by atoms with Crippen LogP contribution in [0.15, 0.2) is 0 Å². The molecule has 0 amide bonds. The van der Waals surface area contributed by atoms with E-state index in [0.717, 1.165) is 18.5 Å². The minimum atomic E-state index is 0.691. The number of nitrogens with one attached hydrogen (secondary N) is 1. The van der Waals surface area contributed by atoms with E-state index in [9.17, 15) is 0 Å². The Hall–Kier alpha value is -0.0800. The summed E-state index contributed by atoms with van der Waals surface area (Å²) in [5.41, 5.74) is 0. The van der Waals surface area contributed by atoms with Gasteiger partial charge in [0.25, 0.3) is 0 Å². The quantitative estimate of drug-likeness (QED) is 0.632. The summed E-state index contributed by atoms with van der Waals surface area (Å²) in [7, 11) is 0. The molecular formula is C16H34N2. The van der Waals surface area contributed by atoms with E-state index in [1.54, 1.807) is 0 Å². The Bertz CT molecular complexity index is 203. The van der Waals surface area contributed by atoms with Gasteiger partial charge < -0.3 is 5.32 Å². The van der Waals surface area contributed by atoms with Gasteiger partial charge in [0.2, 0.25) is 0 Å². The van der Waals surface area contributed by atoms with Crippen LogP contribution in [0.25, 0.3) is 0 Å². The summed E-state index contributed by atoms with van der Waals surface area (Å²) in [6.07, 6.45) is 8.23. The summed E-state index contributed by atoms with van der Waals surface area (Å²) in [6.45, 7) is 13.1. The summed E-state index contributed by atoms with van der Waals surface area (Å²) in [5.74, 6) is 0.814. The zero-order valence-electron chi connectivity index (χ0n) is 13.0. The van der Waals surface area contributed by atoms with E-state index < -0.39 is 0 Å². The summed E-state index contributed by atoms with van der Waals surface area (Å²) >= 11 is 0. The molecule has 18 heavy (non-hydrogen) atoms. The highest BCUT2D eigenvalue weighted by molar-refractivity contribution is 4.81. The van der Waals surface area contributed by atoms with Crippen molar-refractivity contribution in [3.05, 3.63) is 0 Å². The van der Waals surface area contributed by atoms with Crippen LogP contribution >= 0.6 is 0 Å². The molecule has 1 fully saturated rings. The lowest BCUT2D eigenvalue weighted by Crippen LogP contribution is -2.40. The van der Waals surface area contributed by atoms with Crippen molar-refractivity contribution in [2.75, 3.05) is 19.6 Å². The van der Waals surface area contributed by atoms with Gasteiger partial charge in [0.1, 0.15) is 0 Å². The smallest absolute Gasteiger partial charge is 0.0119 e. The van der Waals surface area contributed by atoms with Crippen molar-refractivity contribution in [1.82, 2.24) is 10.2 Å². The van der Waals surface area contributed by atoms with Gasteiger partial charge in [-0.2, -0.15) is 0 Å². The maximum Gasteiger partial charge on any atom is 0.0119 e. The molecule has 1 saturated heterocycles. The van der Waals surface area contributed by atoms with Crippen LogP contribution in [0.1, 0.15) is 66.2 Å². The lowest BCUT2D eigenvalue weighted by atomic mass is 10.0. The van der Waals surface area contributed by atoms with Gasteiger partial charge in [-0.15, -0.1) is 0 Å². The molecule has 0 aliphatic carbocycles. The van der Waals surface area contributed by atoms with Crippen LogP contribution in [0.4, 0.5) is 0 Å². The van der Waals surface area contributed by atoms with Crippen LogP contribution in [0, 0.1) is 5.92 Å². The van der Waals surface area contributed by atoms with Crippen LogP contribution in [0.2, 0.25) is 0 Å². The molecule has 0 spiro atoms. The summed E-state index contributed by atoms with van der Waals surface area (Å²) in [5, 5.41) is 3.69. The van der Waals surface area contributed by atoms with Crippen LogP contribution < -0.4 is 5.32 Å². The normalized spacial score (nSPS) is 22.8. The third-order valence-electron chi connectivity index (χ3n) is 4.32. The van der Waals surface area contributed by atoms with Crippen LogP contribution in [-0.4, -0.2) is 36.6 Å². The molecule has 1 aliphatic heterocycles. The van der Waals surface area contributed by atoms with Gasteiger partial charge in [-0.05, 0) is 38.6 Å². The summed E-state index contributed by atoms with van der Waals surface area (Å²) in [6, 6.07) is 1.53. The monoisotopic (exact) mass is 254 g/mol. The third kappa shape index (κ3) is 5.71. The Morgan fingerprint density at radius 2 is 2.00 bits per heavy atom. The molecule has 1 heterocycles. The zero-order valence-corrected chi connectivity index (χ0v) is 13.0. The zero-order chi connectivity index (χ0) is 13.4. The summed E-state index contributed by atoms with van der Waals surface area (Å²) < 4.78 is 0. The number of nitrogens with zero attached hydrogens (tertiary/aromatic N) is 1. The van der Waals surface area contributed by atoms with Gasteiger partial charge in [-0.3, -0.25) is 4.90 Å². The van der Waals surface area contributed by atoms with E-state index in [0.29, 0.717) is 6.04 Å². The van der Waals surface area contributed by atoms with Crippen molar-refractivity contribution in [2.24, 2.45) is 5.92 Å². The maximum absolute atomic E-state index is 3.69. The first kappa shape index (κ1) is 16.0. The molecule has 1 N–H and O–H groups in total. The Morgan fingerprint density at radius 1 is 1.22 bits per heavy atom. The van der Waals surface area contributed by atoms with Gasteiger partial charge >= 0.3 is 0 Å². The molecule has 0 aromatic rings. The Kier molecular flexibility index (Phi) is 7.92. The van der Waals surface area contributed by atoms with E-state index in [2.05, 4.69) is 37.9 Å². The molecule has 2 heteroatoms. The fraction of sp³-hybridized carbons (Fsp3) is 1.00. The van der Waals surface area contributed by atoms with E-state index >= 15 is 0 Å². The predicted molar refractivity (Wildman–Crippen MR) is 81.0 cm³/mol. The highest BCUT2D eigenvalue weighted by atomic mass is 15.2. The molecule has 2 atom stereocenters. The first-order valence-corrected chi connectivity index (χ1v) is 8.12. The van der Waals surface area contributed by atoms with E-state index in [-0.39, 0.29) is 0 Å². The molecule has 0 aromatic heterocycles. The molecule has 2 unspecified atom stereocenters. The second-order valence-electron chi connectivity index (χ2n) is 6.34. The summed E-state index contributed by atoms with van der Waals surface area (Å²) in [4.78, 5) is 2.69. The minimum Gasteiger partial charge on any atom is -0.313 e. The van der Waals surface area contributed by atoms with Gasteiger partial charge in [0, 0.05) is 25.2 Å². The highest BCUT2D eigenvalue weighted by Gasteiger charge is 2.26. The molecule has 0 saturated carbocycles. The topological polar surface area (TPSA) is 15.3 Å². The lowest BCUT2D eigenvalue weighted by molar-refractivity contribution is 0.205. The molecule has 108 valence electrons. The average molecular weight is 254 g/mol. The molecular weight excluding hydrogens is 220 g/mol. The lowest BCUT2D eigenvalue weighted by Gasteiger charge is -2.28. The van der Waals surface area contributed by atoms with Crippen molar-refractivity contribution in [3.8, 4) is 0 Å². The van der Waals surface area contributed by atoms with Crippen LogP contribution in [0.5, 0.6) is 0 Å². The van der Waals surface area contributed by atoms with Gasteiger partial charge in [0.05, 0.1) is 0 Å². The molecule has 1 rings (SSSR count). The van der Waals surface area contributed by atoms with Gasteiger partial charge in [-0.25, -0.2) is 0 Å². The Morgan fingerprint density at radius 3 is 2.67 bits per heavy atom. The standard InChI is InChI=1S/C16H34N2/c1-5-6-7-9-15(4)17-11-13-18-12-8-10-16(18)14(2)3/h14-17H,5-13H2,1-4H3. The van der Waals surface area contributed by atoms with Crippen molar-refractivity contribution in [3.63, 3.8) is 0 Å². The predicted octanol–water partition coefficient (Wildman–Crippen LogP) is 3.67. The van der Waals surface area contributed by atoms with Crippen molar-refractivity contribution in [2.45, 2.75) is 78.3 Å². The van der Waals surface area contributed by atoms with Crippen LogP contribution in [-0.2, 0) is 0 Å².